The maximum absolute atomic E-state index is 13.0. The molecule has 3 aromatic heterocycles. The molecule has 0 spiro atoms. The number of nitrogens with one attached hydrogen (secondary N) is 1. The number of amides is 1. The molecule has 9 nitrogen and oxygen atoms in total. The molecule has 162 valence electrons. The van der Waals surface area contributed by atoms with E-state index in [4.69, 9.17) is 14.9 Å². The van der Waals surface area contributed by atoms with Crippen molar-refractivity contribution in [1.82, 2.24) is 19.7 Å². The summed E-state index contributed by atoms with van der Waals surface area (Å²) < 4.78 is 13.3. The molecule has 4 aromatic rings. The molecule has 0 bridgehead atoms. The van der Waals surface area contributed by atoms with Crippen molar-refractivity contribution in [3.63, 3.8) is 0 Å². The zero-order valence-corrected chi connectivity index (χ0v) is 17.9. The van der Waals surface area contributed by atoms with Gasteiger partial charge in [0.2, 0.25) is 5.89 Å². The Bertz CT molecular complexity index is 1340. The van der Waals surface area contributed by atoms with Gasteiger partial charge in [-0.25, -0.2) is 9.97 Å². The van der Waals surface area contributed by atoms with Gasteiger partial charge in [-0.05, 0) is 44.2 Å². The van der Waals surface area contributed by atoms with E-state index >= 15 is 0 Å². The van der Waals surface area contributed by atoms with Crippen LogP contribution in [0.1, 0.15) is 29.9 Å². The summed E-state index contributed by atoms with van der Waals surface area (Å²) in [5, 5.41) is 7.46. The number of oxazole rings is 1. The van der Waals surface area contributed by atoms with E-state index in [0.29, 0.717) is 23.0 Å². The van der Waals surface area contributed by atoms with E-state index in [0.717, 1.165) is 29.0 Å². The molecule has 4 heterocycles. The van der Waals surface area contributed by atoms with Gasteiger partial charge in [0.1, 0.15) is 23.4 Å². The van der Waals surface area contributed by atoms with E-state index in [1.807, 2.05) is 45.3 Å². The lowest BCUT2D eigenvalue weighted by molar-refractivity contribution is 0.102. The Hall–Kier alpha value is -4.14. The van der Waals surface area contributed by atoms with Crippen molar-refractivity contribution < 1.29 is 13.9 Å². The number of aromatic nitrogens is 4. The molecule has 1 aliphatic rings. The van der Waals surface area contributed by atoms with Gasteiger partial charge in [0, 0.05) is 42.6 Å². The first-order chi connectivity index (χ1) is 15.3. The molecule has 1 aromatic carbocycles. The van der Waals surface area contributed by atoms with Crippen LogP contribution in [0.2, 0.25) is 0 Å². The Kier molecular flexibility index (Phi) is 4.47. The zero-order valence-electron chi connectivity index (χ0n) is 17.9. The molecule has 9 heteroatoms. The molecule has 0 atom stereocenters. The second kappa shape index (κ2) is 7.23. The fourth-order valence-corrected chi connectivity index (χ4v) is 3.80. The van der Waals surface area contributed by atoms with E-state index in [1.165, 1.54) is 6.26 Å². The minimum Gasteiger partial charge on any atom is -0.487 e. The topological polar surface area (TPSA) is 121 Å². The van der Waals surface area contributed by atoms with Crippen molar-refractivity contribution in [3.05, 3.63) is 60.2 Å². The molecule has 1 amide bonds. The average Bonchev–Trinajstić information content (AvgIpc) is 3.44. The predicted octanol–water partition coefficient (Wildman–Crippen LogP) is 3.69. The second-order valence-electron chi connectivity index (χ2n) is 8.38. The van der Waals surface area contributed by atoms with Crippen LogP contribution in [0.15, 0.2) is 53.4 Å². The summed E-state index contributed by atoms with van der Waals surface area (Å²) in [6.07, 6.45) is 5.47. The molecule has 32 heavy (non-hydrogen) atoms. The molecule has 0 unspecified atom stereocenters. The standard InChI is InChI=1S/C23H22N6O3/c1-23(2)11-14-8-17(15(10-19(14)32-23)16-5-7-29(3)28-16)26-21(30)18-12-31-22(27-18)13-4-6-25-20(24)9-13/h4-10,12H,11H2,1-3H3,(H2,24,25)(H,26,30). The highest BCUT2D eigenvalue weighted by Gasteiger charge is 2.31. The van der Waals surface area contributed by atoms with Crippen molar-refractivity contribution in [2.75, 3.05) is 11.1 Å². The highest BCUT2D eigenvalue weighted by molar-refractivity contribution is 6.05. The van der Waals surface area contributed by atoms with Crippen LogP contribution in [-0.2, 0) is 13.5 Å². The third-order valence-corrected chi connectivity index (χ3v) is 5.21. The number of rotatable bonds is 4. The number of nitrogens with two attached hydrogens (primary N) is 1. The summed E-state index contributed by atoms with van der Waals surface area (Å²) in [5.74, 6) is 1.04. The number of nitrogen functional groups attached to an aromatic ring is 1. The summed E-state index contributed by atoms with van der Waals surface area (Å²) in [6.45, 7) is 4.07. The second-order valence-corrected chi connectivity index (χ2v) is 8.38. The van der Waals surface area contributed by atoms with Gasteiger partial charge in [-0.3, -0.25) is 9.48 Å². The first-order valence-corrected chi connectivity index (χ1v) is 10.1. The van der Waals surface area contributed by atoms with Crippen LogP contribution in [0.25, 0.3) is 22.7 Å². The van der Waals surface area contributed by atoms with E-state index in [-0.39, 0.29) is 11.3 Å². The number of carbonyl (C=O) groups is 1. The van der Waals surface area contributed by atoms with Crippen LogP contribution in [0.5, 0.6) is 5.75 Å². The minimum absolute atomic E-state index is 0.152. The summed E-state index contributed by atoms with van der Waals surface area (Å²) >= 11 is 0. The van der Waals surface area contributed by atoms with Crippen molar-refractivity contribution in [2.24, 2.45) is 7.05 Å². The van der Waals surface area contributed by atoms with Gasteiger partial charge in [-0.1, -0.05) is 0 Å². The van der Waals surface area contributed by atoms with Gasteiger partial charge in [0.25, 0.3) is 5.91 Å². The number of nitrogens with zero attached hydrogens (tertiary/aromatic N) is 4. The monoisotopic (exact) mass is 430 g/mol. The number of aryl methyl sites for hydroxylation is 1. The van der Waals surface area contributed by atoms with Gasteiger partial charge >= 0.3 is 0 Å². The predicted molar refractivity (Wildman–Crippen MR) is 119 cm³/mol. The zero-order chi connectivity index (χ0) is 22.5. The van der Waals surface area contributed by atoms with Crippen molar-refractivity contribution in [1.29, 1.82) is 0 Å². The number of hydrogen-bond acceptors (Lipinski definition) is 7. The van der Waals surface area contributed by atoms with Crippen LogP contribution in [0.3, 0.4) is 0 Å². The van der Waals surface area contributed by atoms with Crippen LogP contribution < -0.4 is 15.8 Å². The lowest BCUT2D eigenvalue weighted by Gasteiger charge is -2.17. The third kappa shape index (κ3) is 3.68. The molecule has 0 aliphatic carbocycles. The number of anilines is 2. The molecule has 3 N–H and O–H groups in total. The first-order valence-electron chi connectivity index (χ1n) is 10.1. The fraction of sp³-hybridized carbons (Fsp3) is 0.217. The normalized spacial score (nSPS) is 14.1. The Labute approximate surface area is 184 Å². The van der Waals surface area contributed by atoms with E-state index in [1.54, 1.807) is 23.0 Å². The molecule has 0 saturated carbocycles. The maximum atomic E-state index is 13.0. The van der Waals surface area contributed by atoms with Crippen LogP contribution in [0.4, 0.5) is 11.5 Å². The number of ether oxygens (including phenoxy) is 1. The summed E-state index contributed by atoms with van der Waals surface area (Å²) in [6, 6.07) is 9.10. The van der Waals surface area contributed by atoms with E-state index < -0.39 is 5.91 Å². The average molecular weight is 430 g/mol. The highest BCUT2D eigenvalue weighted by atomic mass is 16.5. The molecule has 0 fully saturated rings. The van der Waals surface area contributed by atoms with Crippen molar-refractivity contribution in [2.45, 2.75) is 25.9 Å². The van der Waals surface area contributed by atoms with Crippen molar-refractivity contribution >= 4 is 17.4 Å². The molecule has 1 aliphatic heterocycles. The summed E-state index contributed by atoms with van der Waals surface area (Å²) in [4.78, 5) is 21.3. The quantitative estimate of drug-likeness (QED) is 0.506. The SMILES string of the molecule is Cn1ccc(-c2cc3c(cc2NC(=O)c2coc(-c4ccnc(N)c4)n2)CC(C)(C)O3)n1. The number of benzene rings is 1. The highest BCUT2D eigenvalue weighted by Crippen LogP contribution is 2.41. The number of carbonyl (C=O) groups excluding carboxylic acids is 1. The summed E-state index contributed by atoms with van der Waals surface area (Å²) in [5.41, 5.74) is 9.36. The van der Waals surface area contributed by atoms with Gasteiger partial charge in [0.15, 0.2) is 5.69 Å². The molecule has 5 rings (SSSR count). The Morgan fingerprint density at radius 2 is 2.09 bits per heavy atom. The smallest absolute Gasteiger partial charge is 0.277 e. The number of pyridine rings is 1. The minimum atomic E-state index is -0.391. The van der Waals surface area contributed by atoms with Gasteiger partial charge < -0.3 is 20.2 Å². The van der Waals surface area contributed by atoms with Crippen LogP contribution in [0, 0.1) is 0 Å². The summed E-state index contributed by atoms with van der Waals surface area (Å²) in [7, 11) is 1.84. The molecule has 0 saturated heterocycles. The van der Waals surface area contributed by atoms with Gasteiger partial charge in [-0.15, -0.1) is 0 Å². The fourth-order valence-electron chi connectivity index (χ4n) is 3.80. The lowest BCUT2D eigenvalue weighted by atomic mass is 9.99. The Morgan fingerprint density at radius 3 is 2.84 bits per heavy atom. The van der Waals surface area contributed by atoms with Crippen molar-refractivity contribution in [3.8, 4) is 28.5 Å². The van der Waals surface area contributed by atoms with Crippen LogP contribution >= 0.6 is 0 Å². The van der Waals surface area contributed by atoms with Gasteiger partial charge in [-0.2, -0.15) is 5.10 Å². The molecule has 0 radical (unpaired) electrons. The van der Waals surface area contributed by atoms with E-state index in [9.17, 15) is 4.79 Å². The first kappa shape index (κ1) is 19.8. The van der Waals surface area contributed by atoms with E-state index in [2.05, 4.69) is 20.4 Å². The van der Waals surface area contributed by atoms with Crippen LogP contribution in [-0.4, -0.2) is 31.3 Å². The largest absolute Gasteiger partial charge is 0.487 e. The maximum Gasteiger partial charge on any atom is 0.277 e. The lowest BCUT2D eigenvalue weighted by Crippen LogP contribution is -2.24. The third-order valence-electron chi connectivity index (χ3n) is 5.21. The van der Waals surface area contributed by atoms with Gasteiger partial charge in [0.05, 0.1) is 11.4 Å². The number of hydrogen-bond donors (Lipinski definition) is 2. The molecular formula is C23H22N6O3. The number of fused-ring (bicyclic) bond motifs is 1. The Morgan fingerprint density at radius 1 is 1.25 bits per heavy atom. The molecular weight excluding hydrogens is 408 g/mol. The Balaban J connectivity index is 1.48.